The van der Waals surface area contributed by atoms with Crippen LogP contribution < -0.4 is 5.11 Å². The SMILES string of the molecule is CCCCC(CC)C(=O)[O-].[Mn+2]. The number of carboxylic acid groups (broad SMARTS) is 1. The van der Waals surface area contributed by atoms with Crippen molar-refractivity contribution in [3.05, 3.63) is 0 Å². The predicted octanol–water partition coefficient (Wildman–Crippen LogP) is 0.950. The molecule has 0 fully saturated rings. The number of unbranched alkanes of at least 4 members (excludes halogenated alkanes) is 1. The second-order valence-electron chi connectivity index (χ2n) is 2.57. The van der Waals surface area contributed by atoms with Crippen LogP contribution in [0.4, 0.5) is 0 Å². The molecule has 0 saturated carbocycles. The van der Waals surface area contributed by atoms with Crippen molar-refractivity contribution < 1.29 is 27.0 Å². The van der Waals surface area contributed by atoms with E-state index in [9.17, 15) is 9.90 Å². The van der Waals surface area contributed by atoms with Crippen molar-refractivity contribution in [2.75, 3.05) is 0 Å². The van der Waals surface area contributed by atoms with Crippen LogP contribution in [0.15, 0.2) is 0 Å². The molecule has 0 heterocycles. The summed E-state index contributed by atoms with van der Waals surface area (Å²) in [5.74, 6) is -1.11. The Hall–Kier alpha value is -0.0105. The number of carbonyl (C=O) groups is 1. The van der Waals surface area contributed by atoms with Gasteiger partial charge in [-0.15, -0.1) is 0 Å². The van der Waals surface area contributed by atoms with Gasteiger partial charge in [0.05, 0.1) is 0 Å². The summed E-state index contributed by atoms with van der Waals surface area (Å²) in [4.78, 5) is 10.3. The molecule has 0 aromatic rings. The first-order chi connectivity index (χ1) is 4.72. The Kier molecular flexibility index (Phi) is 9.98. The Bertz CT molecular complexity index is 104. The van der Waals surface area contributed by atoms with E-state index >= 15 is 0 Å². The molecule has 3 heteroatoms. The van der Waals surface area contributed by atoms with Crippen molar-refractivity contribution in [2.45, 2.75) is 39.5 Å². The molecular formula is C8H15MnO2+. The Balaban J connectivity index is 0. The summed E-state index contributed by atoms with van der Waals surface area (Å²) in [5.41, 5.74) is 0. The number of hydrogen-bond acceptors (Lipinski definition) is 2. The van der Waals surface area contributed by atoms with Crippen LogP contribution in [-0.4, -0.2) is 5.97 Å². The van der Waals surface area contributed by atoms with Gasteiger partial charge in [-0.25, -0.2) is 0 Å². The number of carbonyl (C=O) groups excluding carboxylic acids is 1. The van der Waals surface area contributed by atoms with Crippen LogP contribution in [0.2, 0.25) is 0 Å². The molecule has 1 unspecified atom stereocenters. The Morgan fingerprint density at radius 2 is 2.00 bits per heavy atom. The van der Waals surface area contributed by atoms with E-state index in [1.807, 2.05) is 6.92 Å². The van der Waals surface area contributed by atoms with Crippen LogP contribution in [0, 0.1) is 5.92 Å². The summed E-state index contributed by atoms with van der Waals surface area (Å²) in [5, 5.41) is 10.3. The van der Waals surface area contributed by atoms with Crippen molar-refractivity contribution >= 4 is 5.97 Å². The molecule has 0 N–H and O–H groups in total. The van der Waals surface area contributed by atoms with Crippen LogP contribution in [0.5, 0.6) is 0 Å². The molecular weight excluding hydrogens is 183 g/mol. The molecule has 0 aliphatic heterocycles. The quantitative estimate of drug-likeness (QED) is 0.617. The average Bonchev–Trinajstić information content (AvgIpc) is 1.89. The van der Waals surface area contributed by atoms with E-state index in [0.29, 0.717) is 6.42 Å². The third-order valence-electron chi connectivity index (χ3n) is 1.73. The number of aliphatic carboxylic acids is 1. The third kappa shape index (κ3) is 6.39. The van der Waals surface area contributed by atoms with Gasteiger partial charge in [0.25, 0.3) is 0 Å². The zero-order valence-corrected chi connectivity index (χ0v) is 8.28. The van der Waals surface area contributed by atoms with Crippen molar-refractivity contribution in [3.8, 4) is 0 Å². The molecule has 0 bridgehead atoms. The summed E-state index contributed by atoms with van der Waals surface area (Å²) in [6, 6.07) is 0. The van der Waals surface area contributed by atoms with Crippen molar-refractivity contribution in [1.82, 2.24) is 0 Å². The fourth-order valence-electron chi connectivity index (χ4n) is 0.939. The molecule has 1 radical (unpaired) electrons. The summed E-state index contributed by atoms with van der Waals surface area (Å²) in [6.07, 6.45) is 3.52. The third-order valence-corrected chi connectivity index (χ3v) is 1.73. The van der Waals surface area contributed by atoms with E-state index in [0.717, 1.165) is 19.3 Å². The largest absolute Gasteiger partial charge is 2.00 e. The van der Waals surface area contributed by atoms with Gasteiger partial charge in [-0.1, -0.05) is 26.7 Å². The minimum Gasteiger partial charge on any atom is -0.550 e. The summed E-state index contributed by atoms with van der Waals surface area (Å²) in [7, 11) is 0. The second-order valence-corrected chi connectivity index (χ2v) is 2.57. The molecule has 0 aliphatic rings. The first-order valence-electron chi connectivity index (χ1n) is 3.93. The standard InChI is InChI=1S/C8H16O2.Mn/c1-3-5-6-7(4-2)8(9)10;/h7H,3-6H2,1-2H3,(H,9,10);/q;+2/p-1. The molecule has 0 saturated heterocycles. The zero-order valence-electron chi connectivity index (χ0n) is 7.10. The topological polar surface area (TPSA) is 40.1 Å². The summed E-state index contributed by atoms with van der Waals surface area (Å²) >= 11 is 0. The van der Waals surface area contributed by atoms with Gasteiger partial charge in [0.15, 0.2) is 0 Å². The van der Waals surface area contributed by atoms with Crippen LogP contribution in [0.25, 0.3) is 0 Å². The molecule has 0 spiro atoms. The van der Waals surface area contributed by atoms with Gasteiger partial charge in [0.1, 0.15) is 0 Å². The maximum absolute atomic E-state index is 10.3. The molecule has 1 atom stereocenters. The Morgan fingerprint density at radius 1 is 1.45 bits per heavy atom. The van der Waals surface area contributed by atoms with E-state index < -0.39 is 5.97 Å². The van der Waals surface area contributed by atoms with E-state index in [-0.39, 0.29) is 23.0 Å². The monoisotopic (exact) mass is 198 g/mol. The number of hydrogen-bond donors (Lipinski definition) is 0. The van der Waals surface area contributed by atoms with Gasteiger partial charge in [-0.3, -0.25) is 0 Å². The maximum Gasteiger partial charge on any atom is 2.00 e. The minimum absolute atomic E-state index is 0. The number of carboxylic acids is 1. The smallest absolute Gasteiger partial charge is 0.550 e. The van der Waals surface area contributed by atoms with Gasteiger partial charge in [0, 0.05) is 5.97 Å². The normalized spacial score (nSPS) is 11.8. The second kappa shape index (κ2) is 8.09. The molecule has 2 nitrogen and oxygen atoms in total. The molecule has 65 valence electrons. The van der Waals surface area contributed by atoms with E-state index in [4.69, 9.17) is 0 Å². The van der Waals surface area contributed by atoms with Gasteiger partial charge < -0.3 is 9.90 Å². The fraction of sp³-hybridized carbons (Fsp3) is 0.875. The van der Waals surface area contributed by atoms with Crippen LogP contribution in [0.1, 0.15) is 39.5 Å². The van der Waals surface area contributed by atoms with Crippen LogP contribution >= 0.6 is 0 Å². The minimum atomic E-state index is -0.893. The van der Waals surface area contributed by atoms with Crippen molar-refractivity contribution in [2.24, 2.45) is 5.92 Å². The molecule has 11 heavy (non-hydrogen) atoms. The van der Waals surface area contributed by atoms with Crippen molar-refractivity contribution in [3.63, 3.8) is 0 Å². The van der Waals surface area contributed by atoms with Crippen molar-refractivity contribution in [1.29, 1.82) is 0 Å². The van der Waals surface area contributed by atoms with Crippen LogP contribution in [0.3, 0.4) is 0 Å². The van der Waals surface area contributed by atoms with Crippen LogP contribution in [-0.2, 0) is 21.9 Å². The first kappa shape index (κ1) is 13.6. The van der Waals surface area contributed by atoms with Gasteiger partial charge in [0.2, 0.25) is 0 Å². The van der Waals surface area contributed by atoms with E-state index in [1.54, 1.807) is 0 Å². The van der Waals surface area contributed by atoms with Gasteiger partial charge in [-0.2, -0.15) is 0 Å². The van der Waals surface area contributed by atoms with Gasteiger partial charge in [-0.05, 0) is 18.8 Å². The molecule has 0 amide bonds. The predicted molar refractivity (Wildman–Crippen MR) is 38.3 cm³/mol. The average molecular weight is 198 g/mol. The molecule has 0 aromatic heterocycles. The molecule has 0 rings (SSSR count). The number of rotatable bonds is 5. The van der Waals surface area contributed by atoms with E-state index in [1.165, 1.54) is 0 Å². The van der Waals surface area contributed by atoms with E-state index in [2.05, 4.69) is 6.92 Å². The summed E-state index contributed by atoms with van der Waals surface area (Å²) < 4.78 is 0. The fourth-order valence-corrected chi connectivity index (χ4v) is 0.939. The molecule has 0 aliphatic carbocycles. The zero-order chi connectivity index (χ0) is 7.98. The summed E-state index contributed by atoms with van der Waals surface area (Å²) in [6.45, 7) is 3.94. The first-order valence-corrected chi connectivity index (χ1v) is 3.93. The maximum atomic E-state index is 10.3. The molecule has 0 aromatic carbocycles. The van der Waals surface area contributed by atoms with Gasteiger partial charge >= 0.3 is 17.1 Å². The Morgan fingerprint density at radius 3 is 2.27 bits per heavy atom. The Labute approximate surface area is 78.8 Å².